The molecule has 0 unspecified atom stereocenters. The van der Waals surface area contributed by atoms with Crippen molar-refractivity contribution in [1.29, 1.82) is 0 Å². The Hall–Kier alpha value is -4.28. The summed E-state index contributed by atoms with van der Waals surface area (Å²) < 4.78 is 12.3. The van der Waals surface area contributed by atoms with Crippen molar-refractivity contribution >= 4 is 50.7 Å². The van der Waals surface area contributed by atoms with E-state index in [1.54, 1.807) is 30.3 Å². The lowest BCUT2D eigenvalue weighted by Gasteiger charge is -2.23. The summed E-state index contributed by atoms with van der Waals surface area (Å²) in [6.07, 6.45) is 2.78. The zero-order chi connectivity index (χ0) is 25.6. The SMILES string of the molecule is C=CC(=O)Nc1cccc(Oc2nc(Nc3ccccc3C(=O)NC3CCOCC3)nc3ccsc23)c1. The fourth-order valence-corrected chi connectivity index (χ4v) is 4.68. The molecule has 0 bridgehead atoms. The van der Waals surface area contributed by atoms with Crippen molar-refractivity contribution in [3.8, 4) is 11.6 Å². The van der Waals surface area contributed by atoms with E-state index < -0.39 is 0 Å². The van der Waals surface area contributed by atoms with Gasteiger partial charge in [-0.3, -0.25) is 9.59 Å². The van der Waals surface area contributed by atoms with Crippen molar-refractivity contribution in [3.05, 3.63) is 78.2 Å². The molecular formula is C27H25N5O4S. The molecule has 1 saturated heterocycles. The van der Waals surface area contributed by atoms with Crippen LogP contribution in [0, 0.1) is 0 Å². The van der Waals surface area contributed by atoms with E-state index in [1.807, 2.05) is 29.6 Å². The minimum absolute atomic E-state index is 0.0831. The van der Waals surface area contributed by atoms with Crippen LogP contribution in [0.25, 0.3) is 10.2 Å². The van der Waals surface area contributed by atoms with Crippen LogP contribution in [0.5, 0.6) is 11.6 Å². The predicted molar refractivity (Wildman–Crippen MR) is 144 cm³/mol. The molecule has 2 amide bonds. The molecule has 0 aliphatic carbocycles. The maximum Gasteiger partial charge on any atom is 0.253 e. The standard InChI is InChI=1S/C27H25N5O4S/c1-2-23(33)28-18-6-5-7-19(16-18)36-26-24-22(12-15-37-24)31-27(32-26)30-21-9-4-3-8-20(21)25(34)29-17-10-13-35-14-11-17/h2-9,12,15-17H,1,10-11,13-14H2,(H,28,33)(H,29,34)(H,30,31,32). The number of anilines is 3. The summed E-state index contributed by atoms with van der Waals surface area (Å²) in [5, 5.41) is 10.9. The highest BCUT2D eigenvalue weighted by Gasteiger charge is 2.20. The Kier molecular flexibility index (Phi) is 7.38. The number of hydrogen-bond donors (Lipinski definition) is 3. The lowest BCUT2D eigenvalue weighted by molar-refractivity contribution is -0.111. The van der Waals surface area contributed by atoms with Crippen molar-refractivity contribution in [2.24, 2.45) is 0 Å². The number of nitrogens with zero attached hydrogens (tertiary/aromatic N) is 2. The summed E-state index contributed by atoms with van der Waals surface area (Å²) in [6.45, 7) is 4.76. The van der Waals surface area contributed by atoms with Gasteiger partial charge in [0.15, 0.2) is 0 Å². The highest BCUT2D eigenvalue weighted by molar-refractivity contribution is 7.17. The number of para-hydroxylation sites is 1. The first-order valence-corrected chi connectivity index (χ1v) is 12.7. The molecule has 5 rings (SSSR count). The molecule has 1 aliphatic rings. The molecular weight excluding hydrogens is 490 g/mol. The minimum atomic E-state index is -0.314. The largest absolute Gasteiger partial charge is 0.437 e. The quantitative estimate of drug-likeness (QED) is 0.274. The van der Waals surface area contributed by atoms with E-state index in [1.165, 1.54) is 17.4 Å². The number of carbonyl (C=O) groups excluding carboxylic acids is 2. The maximum absolute atomic E-state index is 13.0. The number of ether oxygens (including phenoxy) is 2. The van der Waals surface area contributed by atoms with Gasteiger partial charge in [-0.1, -0.05) is 24.8 Å². The van der Waals surface area contributed by atoms with Gasteiger partial charge in [-0.25, -0.2) is 4.98 Å². The molecule has 188 valence electrons. The van der Waals surface area contributed by atoms with E-state index in [0.29, 0.717) is 53.2 Å². The van der Waals surface area contributed by atoms with E-state index in [2.05, 4.69) is 32.5 Å². The molecule has 9 nitrogen and oxygen atoms in total. The van der Waals surface area contributed by atoms with Gasteiger partial charge in [-0.2, -0.15) is 4.98 Å². The third kappa shape index (κ3) is 5.93. The predicted octanol–water partition coefficient (Wildman–Crippen LogP) is 5.26. The lowest BCUT2D eigenvalue weighted by atomic mass is 10.1. The minimum Gasteiger partial charge on any atom is -0.437 e. The number of carbonyl (C=O) groups is 2. The number of thiophene rings is 1. The zero-order valence-corrected chi connectivity index (χ0v) is 20.7. The molecule has 2 aromatic carbocycles. The number of fused-ring (bicyclic) bond motifs is 1. The van der Waals surface area contributed by atoms with Gasteiger partial charge >= 0.3 is 0 Å². The maximum atomic E-state index is 13.0. The molecule has 4 aromatic rings. The molecule has 1 fully saturated rings. The van der Waals surface area contributed by atoms with Crippen LogP contribution in [0.3, 0.4) is 0 Å². The fraction of sp³-hybridized carbons (Fsp3) is 0.185. The van der Waals surface area contributed by atoms with Crippen LogP contribution >= 0.6 is 11.3 Å². The molecule has 0 spiro atoms. The van der Waals surface area contributed by atoms with E-state index in [-0.39, 0.29) is 17.9 Å². The first-order valence-electron chi connectivity index (χ1n) is 11.8. The summed E-state index contributed by atoms with van der Waals surface area (Å²) in [6, 6.07) is 16.2. The molecule has 0 saturated carbocycles. The summed E-state index contributed by atoms with van der Waals surface area (Å²) in [5.41, 5.74) is 2.36. The molecule has 1 aliphatic heterocycles. The van der Waals surface area contributed by atoms with Crippen molar-refractivity contribution in [2.45, 2.75) is 18.9 Å². The number of nitrogens with one attached hydrogen (secondary N) is 3. The number of amides is 2. The molecule has 0 atom stereocenters. The average Bonchev–Trinajstić information content (AvgIpc) is 3.39. The smallest absolute Gasteiger partial charge is 0.253 e. The van der Waals surface area contributed by atoms with Gasteiger partial charge < -0.3 is 25.4 Å². The Balaban J connectivity index is 1.40. The van der Waals surface area contributed by atoms with Crippen LogP contribution in [0.4, 0.5) is 17.3 Å². The Morgan fingerprint density at radius 2 is 1.92 bits per heavy atom. The highest BCUT2D eigenvalue weighted by atomic mass is 32.1. The van der Waals surface area contributed by atoms with Gasteiger partial charge in [-0.05, 0) is 54.6 Å². The van der Waals surface area contributed by atoms with E-state index >= 15 is 0 Å². The monoisotopic (exact) mass is 515 g/mol. The molecule has 0 radical (unpaired) electrons. The Morgan fingerprint density at radius 3 is 2.76 bits per heavy atom. The van der Waals surface area contributed by atoms with Crippen molar-refractivity contribution < 1.29 is 19.1 Å². The topological polar surface area (TPSA) is 114 Å². The number of hydrogen-bond acceptors (Lipinski definition) is 8. The van der Waals surface area contributed by atoms with Crippen LogP contribution in [0.15, 0.2) is 72.6 Å². The van der Waals surface area contributed by atoms with E-state index in [0.717, 1.165) is 17.5 Å². The van der Waals surface area contributed by atoms with E-state index in [9.17, 15) is 9.59 Å². The first kappa shape index (κ1) is 24.4. The van der Waals surface area contributed by atoms with Crippen LogP contribution in [0.1, 0.15) is 23.2 Å². The fourth-order valence-electron chi connectivity index (χ4n) is 3.92. The third-order valence-corrected chi connectivity index (χ3v) is 6.64. The first-order chi connectivity index (χ1) is 18.1. The number of aromatic nitrogens is 2. The molecule has 2 aromatic heterocycles. The summed E-state index contributed by atoms with van der Waals surface area (Å²) in [4.78, 5) is 33.9. The lowest BCUT2D eigenvalue weighted by Crippen LogP contribution is -2.39. The highest BCUT2D eigenvalue weighted by Crippen LogP contribution is 2.34. The van der Waals surface area contributed by atoms with Crippen molar-refractivity contribution in [1.82, 2.24) is 15.3 Å². The van der Waals surface area contributed by atoms with E-state index in [4.69, 9.17) is 9.47 Å². The van der Waals surface area contributed by atoms with Crippen LogP contribution in [-0.4, -0.2) is 41.0 Å². The third-order valence-electron chi connectivity index (χ3n) is 5.75. The van der Waals surface area contributed by atoms with Gasteiger partial charge in [0.1, 0.15) is 10.4 Å². The number of benzene rings is 2. The normalized spacial score (nSPS) is 13.6. The van der Waals surface area contributed by atoms with Gasteiger partial charge in [0.25, 0.3) is 5.91 Å². The second-order valence-corrected chi connectivity index (χ2v) is 9.26. The van der Waals surface area contributed by atoms with Crippen LogP contribution in [-0.2, 0) is 9.53 Å². The van der Waals surface area contributed by atoms with Crippen molar-refractivity contribution in [3.63, 3.8) is 0 Å². The Morgan fingerprint density at radius 1 is 1.08 bits per heavy atom. The summed E-state index contributed by atoms with van der Waals surface area (Å²) >= 11 is 1.46. The number of rotatable bonds is 8. The molecule has 3 heterocycles. The molecule has 3 N–H and O–H groups in total. The summed E-state index contributed by atoms with van der Waals surface area (Å²) in [5.74, 6) is 0.673. The van der Waals surface area contributed by atoms with Crippen LogP contribution < -0.4 is 20.7 Å². The Bertz CT molecular complexity index is 1450. The van der Waals surface area contributed by atoms with Gasteiger partial charge in [0.2, 0.25) is 17.7 Å². The average molecular weight is 516 g/mol. The van der Waals surface area contributed by atoms with Gasteiger partial charge in [-0.15, -0.1) is 11.3 Å². The Labute approximate surface area is 217 Å². The molecule has 37 heavy (non-hydrogen) atoms. The van der Waals surface area contributed by atoms with Gasteiger partial charge in [0, 0.05) is 31.0 Å². The second-order valence-electron chi connectivity index (χ2n) is 8.34. The van der Waals surface area contributed by atoms with Gasteiger partial charge in [0.05, 0.1) is 16.8 Å². The molecule has 10 heteroatoms. The zero-order valence-electron chi connectivity index (χ0n) is 19.9. The summed E-state index contributed by atoms with van der Waals surface area (Å²) in [7, 11) is 0. The van der Waals surface area contributed by atoms with Crippen LogP contribution in [0.2, 0.25) is 0 Å². The van der Waals surface area contributed by atoms with Crippen molar-refractivity contribution in [2.75, 3.05) is 23.8 Å². The second kappa shape index (κ2) is 11.2.